The fraction of sp³-hybridized carbons (Fsp3) is 0.500. The van der Waals surface area contributed by atoms with Gasteiger partial charge in [0.25, 0.3) is 0 Å². The van der Waals surface area contributed by atoms with Crippen LogP contribution >= 0.6 is 0 Å². The van der Waals surface area contributed by atoms with Gasteiger partial charge in [0.1, 0.15) is 0 Å². The minimum absolute atomic E-state index is 0.874. The Morgan fingerprint density at radius 1 is 1.00 bits per heavy atom. The zero-order chi connectivity index (χ0) is 17.2. The number of hydrogen-bond acceptors (Lipinski definition) is 1. The van der Waals surface area contributed by atoms with E-state index in [1.807, 2.05) is 0 Å². The molecule has 1 nitrogen and oxygen atoms in total. The van der Waals surface area contributed by atoms with E-state index in [4.69, 9.17) is 4.98 Å². The third kappa shape index (κ3) is 3.80. The topological polar surface area (TPSA) is 12.9 Å². The van der Waals surface area contributed by atoms with Crippen LogP contribution in [0.3, 0.4) is 0 Å². The summed E-state index contributed by atoms with van der Waals surface area (Å²) in [7, 11) is -1.38. The summed E-state index contributed by atoms with van der Waals surface area (Å²) >= 11 is 0. The first-order valence-electron chi connectivity index (χ1n) is 9.51. The van der Waals surface area contributed by atoms with E-state index in [2.05, 4.69) is 63.1 Å². The van der Waals surface area contributed by atoms with Crippen molar-refractivity contribution in [2.75, 3.05) is 0 Å². The molecule has 2 aromatic rings. The van der Waals surface area contributed by atoms with Crippen molar-refractivity contribution in [1.29, 1.82) is 0 Å². The van der Waals surface area contributed by atoms with Crippen LogP contribution in [0.2, 0.25) is 19.6 Å². The third-order valence-corrected chi connectivity index (χ3v) is 7.58. The molecule has 3 rings (SSSR count). The highest BCUT2D eigenvalue weighted by molar-refractivity contribution is 6.89. The van der Waals surface area contributed by atoms with Gasteiger partial charge < -0.3 is 0 Å². The summed E-state index contributed by atoms with van der Waals surface area (Å²) in [6.45, 7) is 9.67. The Hall–Kier alpha value is -1.41. The predicted octanol–water partition coefficient (Wildman–Crippen LogP) is 5.73. The molecule has 1 aromatic carbocycles. The molecule has 0 spiro atoms. The Morgan fingerprint density at radius 2 is 1.67 bits per heavy atom. The normalized spacial score (nSPS) is 16.3. The van der Waals surface area contributed by atoms with Crippen LogP contribution in [0.5, 0.6) is 0 Å². The first kappa shape index (κ1) is 17.4. The third-order valence-electron chi connectivity index (χ3n) is 5.53. The fourth-order valence-electron chi connectivity index (χ4n) is 4.13. The van der Waals surface area contributed by atoms with Crippen molar-refractivity contribution in [3.05, 3.63) is 47.7 Å². The maximum Gasteiger partial charge on any atom is 0.0799 e. The lowest BCUT2D eigenvalue weighted by Gasteiger charge is -2.28. The molecule has 128 valence electrons. The van der Waals surface area contributed by atoms with Crippen LogP contribution in [0.15, 0.2) is 36.5 Å². The highest BCUT2D eigenvalue weighted by Crippen LogP contribution is 2.30. The molecule has 1 fully saturated rings. The first-order valence-corrected chi connectivity index (χ1v) is 13.0. The maximum atomic E-state index is 4.90. The Bertz CT molecular complexity index is 679. The van der Waals surface area contributed by atoms with E-state index in [0.717, 1.165) is 5.92 Å². The molecule has 0 aliphatic heterocycles. The molecule has 0 N–H and O–H groups in total. The van der Waals surface area contributed by atoms with E-state index < -0.39 is 8.07 Å². The van der Waals surface area contributed by atoms with E-state index in [-0.39, 0.29) is 0 Å². The average molecular weight is 338 g/mol. The van der Waals surface area contributed by atoms with E-state index in [1.54, 1.807) is 10.8 Å². The second kappa shape index (κ2) is 7.22. The lowest BCUT2D eigenvalue weighted by molar-refractivity contribution is 0.356. The number of pyridine rings is 1. The van der Waals surface area contributed by atoms with Crippen molar-refractivity contribution < 1.29 is 0 Å². The molecule has 24 heavy (non-hydrogen) atoms. The minimum atomic E-state index is -1.38. The summed E-state index contributed by atoms with van der Waals surface area (Å²) in [5.74, 6) is 0.874. The molecule has 1 heterocycles. The van der Waals surface area contributed by atoms with Gasteiger partial charge in [0.2, 0.25) is 0 Å². The van der Waals surface area contributed by atoms with Gasteiger partial charge in [-0.3, -0.25) is 4.98 Å². The molecule has 0 bridgehead atoms. The molecule has 0 radical (unpaired) electrons. The van der Waals surface area contributed by atoms with Crippen LogP contribution in [0, 0.1) is 12.8 Å². The Labute approximate surface area is 148 Å². The summed E-state index contributed by atoms with van der Waals surface area (Å²) in [5.41, 5.74) is 5.48. The molecular formula is C22H31NSi. The molecule has 1 aromatic heterocycles. The summed E-state index contributed by atoms with van der Waals surface area (Å²) in [6, 6.07) is 10.7. The summed E-state index contributed by atoms with van der Waals surface area (Å²) < 4.78 is 0. The second-order valence-electron chi connectivity index (χ2n) is 8.45. The maximum absolute atomic E-state index is 4.90. The van der Waals surface area contributed by atoms with Gasteiger partial charge in [0.05, 0.1) is 13.8 Å². The van der Waals surface area contributed by atoms with Gasteiger partial charge in [-0.05, 0) is 35.6 Å². The zero-order valence-electron chi connectivity index (χ0n) is 15.7. The van der Waals surface area contributed by atoms with Gasteiger partial charge in [-0.2, -0.15) is 0 Å². The largest absolute Gasteiger partial charge is 0.256 e. The molecule has 1 aliphatic rings. The van der Waals surface area contributed by atoms with Crippen LogP contribution in [-0.4, -0.2) is 13.1 Å². The number of rotatable bonds is 4. The smallest absolute Gasteiger partial charge is 0.0799 e. The van der Waals surface area contributed by atoms with Crippen LogP contribution in [0.25, 0.3) is 11.3 Å². The van der Waals surface area contributed by atoms with E-state index in [9.17, 15) is 0 Å². The molecule has 0 unspecified atom stereocenters. The number of aromatic nitrogens is 1. The first-order chi connectivity index (χ1) is 11.5. The molecule has 1 aliphatic carbocycles. The van der Waals surface area contributed by atoms with Gasteiger partial charge in [0, 0.05) is 11.8 Å². The van der Waals surface area contributed by atoms with Crippen LogP contribution in [-0.2, 0) is 6.42 Å². The predicted molar refractivity (Wildman–Crippen MR) is 108 cm³/mol. The van der Waals surface area contributed by atoms with Crippen molar-refractivity contribution in [2.45, 2.75) is 65.1 Å². The highest BCUT2D eigenvalue weighted by atomic mass is 28.3. The molecule has 0 saturated heterocycles. The standard InChI is InChI=1S/C22H31NSi/c1-17-20(15-18-11-7-5-8-12-18)21(24(2,3)4)16-23-22(17)19-13-9-6-10-14-19/h6,9-10,13-14,16,18H,5,7-8,11-12,15H2,1-4H3. The fourth-order valence-corrected chi connectivity index (χ4v) is 5.77. The molecule has 0 amide bonds. The van der Waals surface area contributed by atoms with Crippen molar-refractivity contribution in [1.82, 2.24) is 4.98 Å². The van der Waals surface area contributed by atoms with Gasteiger partial charge in [0.15, 0.2) is 0 Å². The highest BCUT2D eigenvalue weighted by Gasteiger charge is 2.26. The van der Waals surface area contributed by atoms with Crippen molar-refractivity contribution in [3.63, 3.8) is 0 Å². The minimum Gasteiger partial charge on any atom is -0.256 e. The average Bonchev–Trinajstić information content (AvgIpc) is 2.57. The summed E-state index contributed by atoms with van der Waals surface area (Å²) in [6.07, 6.45) is 10.6. The van der Waals surface area contributed by atoms with Crippen LogP contribution < -0.4 is 5.19 Å². The van der Waals surface area contributed by atoms with Crippen molar-refractivity contribution in [2.24, 2.45) is 5.92 Å². The SMILES string of the molecule is Cc1c(-c2ccccc2)ncc([Si](C)(C)C)c1CC1CCCCC1. The molecule has 0 atom stereocenters. The van der Waals surface area contributed by atoms with Gasteiger partial charge >= 0.3 is 0 Å². The zero-order valence-corrected chi connectivity index (χ0v) is 16.7. The van der Waals surface area contributed by atoms with E-state index in [0.29, 0.717) is 0 Å². The molecule has 2 heteroatoms. The van der Waals surface area contributed by atoms with E-state index in [1.165, 1.54) is 55.3 Å². The molecule has 1 saturated carbocycles. The van der Waals surface area contributed by atoms with Crippen LogP contribution in [0.1, 0.15) is 43.2 Å². The van der Waals surface area contributed by atoms with Gasteiger partial charge in [-0.25, -0.2) is 0 Å². The monoisotopic (exact) mass is 337 g/mol. The second-order valence-corrected chi connectivity index (χ2v) is 13.5. The number of nitrogens with zero attached hydrogens (tertiary/aromatic N) is 1. The van der Waals surface area contributed by atoms with E-state index >= 15 is 0 Å². The van der Waals surface area contributed by atoms with Crippen molar-refractivity contribution in [3.8, 4) is 11.3 Å². The Balaban J connectivity index is 2.04. The Morgan fingerprint density at radius 3 is 2.29 bits per heavy atom. The van der Waals surface area contributed by atoms with Crippen LogP contribution in [0.4, 0.5) is 0 Å². The number of benzene rings is 1. The lowest BCUT2D eigenvalue weighted by atomic mass is 9.83. The van der Waals surface area contributed by atoms with Crippen molar-refractivity contribution >= 4 is 13.3 Å². The van der Waals surface area contributed by atoms with Gasteiger partial charge in [-0.1, -0.05) is 82.1 Å². The summed E-state index contributed by atoms with van der Waals surface area (Å²) in [5, 5.41) is 1.57. The summed E-state index contributed by atoms with van der Waals surface area (Å²) in [4.78, 5) is 4.90. The Kier molecular flexibility index (Phi) is 5.24. The number of hydrogen-bond donors (Lipinski definition) is 0. The van der Waals surface area contributed by atoms with Gasteiger partial charge in [-0.15, -0.1) is 0 Å². The molecular weight excluding hydrogens is 306 g/mol. The lowest BCUT2D eigenvalue weighted by Crippen LogP contribution is -2.41. The quantitative estimate of drug-likeness (QED) is 0.650.